The first-order valence-corrected chi connectivity index (χ1v) is 6.26. The van der Waals surface area contributed by atoms with Crippen LogP contribution in [0.4, 0.5) is 0 Å². The van der Waals surface area contributed by atoms with Crippen molar-refractivity contribution in [3.05, 3.63) is 39.9 Å². The summed E-state index contributed by atoms with van der Waals surface area (Å²) in [6.45, 7) is 1.96. The van der Waals surface area contributed by atoms with E-state index in [1.54, 1.807) is 4.68 Å². The first-order chi connectivity index (χ1) is 8.56. The van der Waals surface area contributed by atoms with E-state index in [0.29, 0.717) is 9.79 Å². The summed E-state index contributed by atoms with van der Waals surface area (Å²) < 4.78 is 4.37. The summed E-state index contributed by atoms with van der Waals surface area (Å²) in [6.07, 6.45) is 1.94. The van der Waals surface area contributed by atoms with E-state index in [-0.39, 0.29) is 0 Å². The Hall–Kier alpha value is -1.59. The number of fused-ring (bicyclic) bond motifs is 1. The third kappa shape index (κ3) is 1.67. The van der Waals surface area contributed by atoms with E-state index in [2.05, 4.69) is 10.1 Å². The third-order valence-corrected chi connectivity index (χ3v) is 3.39. The van der Waals surface area contributed by atoms with Crippen LogP contribution in [0.25, 0.3) is 16.7 Å². The fraction of sp³-hybridized carbons (Fsp3) is 0.167. The molecule has 0 atom stereocenters. The molecule has 0 fully saturated rings. The van der Waals surface area contributed by atoms with Gasteiger partial charge in [-0.25, -0.2) is 0 Å². The largest absolute Gasteiger partial charge is 0.330 e. The fourth-order valence-electron chi connectivity index (χ4n) is 2.12. The molecule has 0 unspecified atom stereocenters. The number of aromatic nitrogens is 4. The Kier molecular flexibility index (Phi) is 2.53. The van der Waals surface area contributed by atoms with Gasteiger partial charge in [-0.3, -0.25) is 9.25 Å². The van der Waals surface area contributed by atoms with Crippen molar-refractivity contribution >= 4 is 34.9 Å². The highest BCUT2D eigenvalue weighted by Gasteiger charge is 2.11. The Morgan fingerprint density at radius 3 is 2.83 bits per heavy atom. The number of benzene rings is 1. The topological polar surface area (TPSA) is 38.5 Å². The molecule has 18 heavy (non-hydrogen) atoms. The molecule has 6 heteroatoms. The molecular weight excluding hydrogens is 268 g/mol. The molecule has 0 bridgehead atoms. The Bertz CT molecular complexity index is 796. The molecule has 0 aliphatic heterocycles. The molecule has 3 rings (SSSR count). The molecule has 0 aliphatic carbocycles. The van der Waals surface area contributed by atoms with Gasteiger partial charge in [0.1, 0.15) is 0 Å². The van der Waals surface area contributed by atoms with Crippen molar-refractivity contribution in [2.24, 2.45) is 7.05 Å². The van der Waals surface area contributed by atoms with Crippen LogP contribution in [0.5, 0.6) is 0 Å². The van der Waals surface area contributed by atoms with Crippen molar-refractivity contribution in [3.8, 4) is 5.69 Å². The van der Waals surface area contributed by atoms with Crippen molar-refractivity contribution in [1.29, 1.82) is 0 Å². The van der Waals surface area contributed by atoms with Gasteiger partial charge in [-0.05, 0) is 37.3 Å². The predicted octanol–water partition coefficient (Wildman–Crippen LogP) is 3.38. The molecule has 0 saturated carbocycles. The number of aryl methyl sites for hydroxylation is 2. The molecular formula is C12H11ClN4S. The lowest BCUT2D eigenvalue weighted by atomic mass is 10.3. The van der Waals surface area contributed by atoms with Crippen molar-refractivity contribution < 1.29 is 0 Å². The smallest absolute Gasteiger partial charge is 0.182 e. The highest BCUT2D eigenvalue weighted by molar-refractivity contribution is 7.71. The number of rotatable bonds is 1. The zero-order valence-electron chi connectivity index (χ0n) is 9.94. The standard InChI is InChI=1S/C12H11ClN4S/c1-7-11(6-16(2)15-7)17-10-5-8(13)3-4-9(10)14-12(17)18/h3-6H,1-2H3,(H,14,18). The van der Waals surface area contributed by atoms with Gasteiger partial charge in [0, 0.05) is 18.3 Å². The molecule has 1 N–H and O–H groups in total. The minimum absolute atomic E-state index is 0.642. The summed E-state index contributed by atoms with van der Waals surface area (Å²) in [5, 5.41) is 5.03. The van der Waals surface area contributed by atoms with Crippen LogP contribution in [-0.4, -0.2) is 19.3 Å². The summed E-state index contributed by atoms with van der Waals surface area (Å²) in [5.74, 6) is 0. The van der Waals surface area contributed by atoms with E-state index in [1.807, 2.05) is 42.9 Å². The lowest BCUT2D eigenvalue weighted by Gasteiger charge is -2.02. The van der Waals surface area contributed by atoms with Crippen LogP contribution in [0, 0.1) is 11.7 Å². The number of imidazole rings is 1. The van der Waals surface area contributed by atoms with Gasteiger partial charge in [-0.1, -0.05) is 11.6 Å². The van der Waals surface area contributed by atoms with Crippen LogP contribution in [0.3, 0.4) is 0 Å². The number of nitrogens with zero attached hydrogens (tertiary/aromatic N) is 3. The SMILES string of the molecule is Cc1nn(C)cc1-n1c(=S)[nH]c2ccc(Cl)cc21. The lowest BCUT2D eigenvalue weighted by molar-refractivity contribution is 0.756. The number of nitrogens with one attached hydrogen (secondary N) is 1. The quantitative estimate of drug-likeness (QED) is 0.693. The minimum Gasteiger partial charge on any atom is -0.330 e. The number of hydrogen-bond acceptors (Lipinski definition) is 2. The van der Waals surface area contributed by atoms with E-state index >= 15 is 0 Å². The molecule has 0 radical (unpaired) electrons. The number of hydrogen-bond donors (Lipinski definition) is 1. The molecule has 0 saturated heterocycles. The lowest BCUT2D eigenvalue weighted by Crippen LogP contribution is -1.94. The van der Waals surface area contributed by atoms with Gasteiger partial charge in [-0.15, -0.1) is 0 Å². The van der Waals surface area contributed by atoms with Gasteiger partial charge >= 0.3 is 0 Å². The Labute approximate surface area is 114 Å². The molecule has 2 heterocycles. The van der Waals surface area contributed by atoms with Crippen LogP contribution in [0.1, 0.15) is 5.69 Å². The van der Waals surface area contributed by atoms with Crippen LogP contribution >= 0.6 is 23.8 Å². The molecule has 0 aliphatic rings. The molecule has 3 aromatic rings. The Balaban J connectivity index is 2.41. The van der Waals surface area contributed by atoms with E-state index in [9.17, 15) is 0 Å². The first kappa shape index (κ1) is 11.5. The average molecular weight is 279 g/mol. The monoisotopic (exact) mass is 278 g/mol. The molecule has 0 amide bonds. The van der Waals surface area contributed by atoms with Crippen molar-refractivity contribution in [2.75, 3.05) is 0 Å². The maximum Gasteiger partial charge on any atom is 0.182 e. The summed E-state index contributed by atoms with van der Waals surface area (Å²) in [4.78, 5) is 3.17. The summed E-state index contributed by atoms with van der Waals surface area (Å²) in [5.41, 5.74) is 3.82. The highest BCUT2D eigenvalue weighted by Crippen LogP contribution is 2.24. The number of aromatic amines is 1. The molecule has 92 valence electrons. The van der Waals surface area contributed by atoms with Gasteiger partial charge in [-0.2, -0.15) is 5.10 Å². The van der Waals surface area contributed by atoms with Crippen molar-refractivity contribution in [1.82, 2.24) is 19.3 Å². The van der Waals surface area contributed by atoms with Crippen LogP contribution in [-0.2, 0) is 7.05 Å². The molecule has 4 nitrogen and oxygen atoms in total. The zero-order valence-corrected chi connectivity index (χ0v) is 11.5. The van der Waals surface area contributed by atoms with Crippen LogP contribution in [0.2, 0.25) is 5.02 Å². The fourth-order valence-corrected chi connectivity index (χ4v) is 2.59. The Morgan fingerprint density at radius 1 is 1.39 bits per heavy atom. The second-order valence-electron chi connectivity index (χ2n) is 4.20. The van der Waals surface area contributed by atoms with Crippen LogP contribution in [0.15, 0.2) is 24.4 Å². The molecule has 0 spiro atoms. The predicted molar refractivity (Wildman–Crippen MR) is 75.0 cm³/mol. The number of H-pyrrole nitrogens is 1. The van der Waals surface area contributed by atoms with E-state index in [0.717, 1.165) is 22.4 Å². The van der Waals surface area contributed by atoms with Gasteiger partial charge in [0.05, 0.1) is 22.4 Å². The molecule has 2 aromatic heterocycles. The first-order valence-electron chi connectivity index (χ1n) is 5.47. The van der Waals surface area contributed by atoms with Crippen molar-refractivity contribution in [3.63, 3.8) is 0 Å². The second kappa shape index (κ2) is 3.96. The van der Waals surface area contributed by atoms with E-state index in [1.165, 1.54) is 0 Å². The highest BCUT2D eigenvalue weighted by atomic mass is 35.5. The van der Waals surface area contributed by atoms with Gasteiger partial charge in [0.2, 0.25) is 0 Å². The maximum atomic E-state index is 6.05. The second-order valence-corrected chi connectivity index (χ2v) is 5.02. The molecule has 1 aromatic carbocycles. The third-order valence-electron chi connectivity index (χ3n) is 2.87. The zero-order chi connectivity index (χ0) is 12.9. The van der Waals surface area contributed by atoms with Gasteiger partial charge in [0.25, 0.3) is 0 Å². The number of halogens is 1. The van der Waals surface area contributed by atoms with E-state index in [4.69, 9.17) is 23.8 Å². The normalized spacial score (nSPS) is 11.3. The summed E-state index contributed by atoms with van der Waals surface area (Å²) >= 11 is 11.4. The van der Waals surface area contributed by atoms with Crippen molar-refractivity contribution in [2.45, 2.75) is 6.92 Å². The van der Waals surface area contributed by atoms with E-state index < -0.39 is 0 Å². The Morgan fingerprint density at radius 2 is 2.17 bits per heavy atom. The maximum absolute atomic E-state index is 6.05. The van der Waals surface area contributed by atoms with Crippen LogP contribution < -0.4 is 0 Å². The average Bonchev–Trinajstić information content (AvgIpc) is 2.77. The minimum atomic E-state index is 0.642. The van der Waals surface area contributed by atoms with Gasteiger partial charge < -0.3 is 4.98 Å². The summed E-state index contributed by atoms with van der Waals surface area (Å²) in [6, 6.07) is 5.67. The summed E-state index contributed by atoms with van der Waals surface area (Å²) in [7, 11) is 1.89. The van der Waals surface area contributed by atoms with Gasteiger partial charge in [0.15, 0.2) is 4.77 Å².